The van der Waals surface area contributed by atoms with Gasteiger partial charge in [-0.05, 0) is 32.0 Å². The fourth-order valence-corrected chi connectivity index (χ4v) is 2.24. The zero-order valence-electron chi connectivity index (χ0n) is 11.9. The van der Waals surface area contributed by atoms with Crippen molar-refractivity contribution in [1.29, 1.82) is 0 Å². The fraction of sp³-hybridized carbons (Fsp3) is 0.286. The second-order valence-corrected chi connectivity index (χ2v) is 5.26. The minimum Gasteiger partial charge on any atom is -0.376 e. The molecule has 2 aromatic rings. The van der Waals surface area contributed by atoms with Crippen LogP contribution in [0.4, 0.5) is 11.4 Å². The molecule has 0 saturated carbocycles. The molecule has 0 aliphatic rings. The second kappa shape index (κ2) is 5.54. The number of anilines is 2. The molecule has 0 aliphatic heterocycles. The third kappa shape index (κ3) is 2.77. The summed E-state index contributed by atoms with van der Waals surface area (Å²) >= 11 is 6.00. The molecule has 1 aromatic carbocycles. The number of rotatable bonds is 3. The molecule has 0 atom stereocenters. The third-order valence-corrected chi connectivity index (χ3v) is 3.28. The van der Waals surface area contributed by atoms with E-state index in [1.807, 2.05) is 32.0 Å². The predicted octanol–water partition coefficient (Wildman–Crippen LogP) is 3.00. The van der Waals surface area contributed by atoms with Gasteiger partial charge in [0.05, 0.1) is 22.6 Å². The number of benzene rings is 1. The van der Waals surface area contributed by atoms with Crippen LogP contribution in [-0.2, 0) is 0 Å². The number of aromatic amines is 1. The van der Waals surface area contributed by atoms with Gasteiger partial charge in [0.25, 0.3) is 5.91 Å². The molecule has 1 heterocycles. The largest absolute Gasteiger partial charge is 0.376 e. The van der Waals surface area contributed by atoms with Gasteiger partial charge in [-0.15, -0.1) is 0 Å². The molecule has 2 rings (SSSR count). The monoisotopic (exact) mass is 292 g/mol. The van der Waals surface area contributed by atoms with Gasteiger partial charge >= 0.3 is 0 Å². The number of aromatic nitrogens is 2. The Balaban J connectivity index is 2.35. The van der Waals surface area contributed by atoms with Crippen LogP contribution in [0, 0.1) is 13.8 Å². The number of hydrogen-bond donors (Lipinski definition) is 2. The van der Waals surface area contributed by atoms with Gasteiger partial charge in [-0.1, -0.05) is 11.6 Å². The van der Waals surface area contributed by atoms with E-state index in [4.69, 9.17) is 11.6 Å². The van der Waals surface area contributed by atoms with Crippen molar-refractivity contribution in [2.45, 2.75) is 13.8 Å². The summed E-state index contributed by atoms with van der Waals surface area (Å²) < 4.78 is 0. The number of amides is 1. The summed E-state index contributed by atoms with van der Waals surface area (Å²) in [5.41, 5.74) is 3.55. The Hall–Kier alpha value is -2.01. The van der Waals surface area contributed by atoms with E-state index in [1.165, 1.54) is 0 Å². The minimum atomic E-state index is -0.195. The molecule has 0 bridgehead atoms. The van der Waals surface area contributed by atoms with E-state index in [0.717, 1.165) is 11.4 Å². The maximum atomic E-state index is 12.4. The molecule has 6 heteroatoms. The van der Waals surface area contributed by atoms with Crippen LogP contribution in [0.15, 0.2) is 18.2 Å². The highest BCUT2D eigenvalue weighted by Crippen LogP contribution is 2.28. The number of carbonyl (C=O) groups is 1. The molecule has 0 fully saturated rings. The van der Waals surface area contributed by atoms with E-state index >= 15 is 0 Å². The van der Waals surface area contributed by atoms with Gasteiger partial charge in [-0.25, -0.2) is 0 Å². The first-order valence-electron chi connectivity index (χ1n) is 6.20. The van der Waals surface area contributed by atoms with Crippen molar-refractivity contribution >= 4 is 28.9 Å². The SMILES string of the molecule is Cc1n[nH]c(C)c1C(=O)Nc1cc(Cl)ccc1N(C)C. The van der Waals surface area contributed by atoms with Gasteiger partial charge in [0.1, 0.15) is 0 Å². The molecule has 0 aliphatic carbocycles. The van der Waals surface area contributed by atoms with Crippen molar-refractivity contribution < 1.29 is 4.79 Å². The topological polar surface area (TPSA) is 61.0 Å². The number of halogens is 1. The predicted molar refractivity (Wildman–Crippen MR) is 81.8 cm³/mol. The van der Waals surface area contributed by atoms with Gasteiger partial charge in [-0.3, -0.25) is 9.89 Å². The Morgan fingerprint density at radius 1 is 1.35 bits per heavy atom. The third-order valence-electron chi connectivity index (χ3n) is 3.04. The number of H-pyrrole nitrogens is 1. The average molecular weight is 293 g/mol. The van der Waals surface area contributed by atoms with E-state index in [0.29, 0.717) is 22.0 Å². The van der Waals surface area contributed by atoms with E-state index in [2.05, 4.69) is 15.5 Å². The Labute approximate surface area is 122 Å². The molecule has 20 heavy (non-hydrogen) atoms. The zero-order chi connectivity index (χ0) is 14.9. The quantitative estimate of drug-likeness (QED) is 0.914. The summed E-state index contributed by atoms with van der Waals surface area (Å²) in [4.78, 5) is 14.3. The van der Waals surface area contributed by atoms with Crippen molar-refractivity contribution in [3.8, 4) is 0 Å². The van der Waals surface area contributed by atoms with Crippen molar-refractivity contribution in [2.75, 3.05) is 24.3 Å². The first-order chi connectivity index (χ1) is 9.40. The van der Waals surface area contributed by atoms with Crippen LogP contribution < -0.4 is 10.2 Å². The van der Waals surface area contributed by atoms with Gasteiger partial charge in [0.15, 0.2) is 0 Å². The maximum Gasteiger partial charge on any atom is 0.259 e. The van der Waals surface area contributed by atoms with Crippen LogP contribution in [0.2, 0.25) is 5.02 Å². The van der Waals surface area contributed by atoms with Crippen LogP contribution in [0.3, 0.4) is 0 Å². The summed E-state index contributed by atoms with van der Waals surface area (Å²) in [6.07, 6.45) is 0. The number of carbonyl (C=O) groups excluding carboxylic acids is 1. The Morgan fingerprint density at radius 3 is 2.60 bits per heavy atom. The molecule has 0 spiro atoms. The molecule has 1 aromatic heterocycles. The summed E-state index contributed by atoms with van der Waals surface area (Å²) in [6.45, 7) is 3.61. The number of aryl methyl sites for hydroxylation is 2. The summed E-state index contributed by atoms with van der Waals surface area (Å²) in [5, 5.41) is 10.3. The molecule has 0 unspecified atom stereocenters. The zero-order valence-corrected chi connectivity index (χ0v) is 12.7. The Bertz CT molecular complexity index is 629. The van der Waals surface area contributed by atoms with Gasteiger partial charge in [0, 0.05) is 24.8 Å². The second-order valence-electron chi connectivity index (χ2n) is 4.82. The number of hydrogen-bond acceptors (Lipinski definition) is 3. The highest BCUT2D eigenvalue weighted by Gasteiger charge is 2.17. The molecular weight excluding hydrogens is 276 g/mol. The molecule has 0 saturated heterocycles. The molecule has 106 valence electrons. The molecular formula is C14H17ClN4O. The van der Waals surface area contributed by atoms with Gasteiger partial charge < -0.3 is 10.2 Å². The van der Waals surface area contributed by atoms with Gasteiger partial charge in [-0.2, -0.15) is 5.10 Å². The Kier molecular flexibility index (Phi) is 3.99. The first-order valence-corrected chi connectivity index (χ1v) is 6.57. The number of nitrogens with one attached hydrogen (secondary N) is 2. The Morgan fingerprint density at radius 2 is 2.05 bits per heavy atom. The molecule has 2 N–H and O–H groups in total. The van der Waals surface area contributed by atoms with Gasteiger partial charge in [0.2, 0.25) is 0 Å². The van der Waals surface area contributed by atoms with Crippen molar-refractivity contribution in [1.82, 2.24) is 10.2 Å². The first kappa shape index (κ1) is 14.4. The minimum absolute atomic E-state index is 0.195. The van der Waals surface area contributed by atoms with Crippen LogP contribution in [0.5, 0.6) is 0 Å². The standard InChI is InChI=1S/C14H17ClN4O/c1-8-13(9(2)18-17-8)14(20)16-11-7-10(15)5-6-12(11)19(3)4/h5-7H,1-4H3,(H,16,20)(H,17,18). The van der Waals surface area contributed by atoms with Crippen LogP contribution >= 0.6 is 11.6 Å². The van der Waals surface area contributed by atoms with Crippen molar-refractivity contribution in [3.05, 3.63) is 40.2 Å². The van der Waals surface area contributed by atoms with Crippen LogP contribution in [-0.4, -0.2) is 30.2 Å². The highest BCUT2D eigenvalue weighted by atomic mass is 35.5. The lowest BCUT2D eigenvalue weighted by molar-refractivity contribution is 0.102. The van der Waals surface area contributed by atoms with Crippen LogP contribution in [0.1, 0.15) is 21.7 Å². The molecule has 5 nitrogen and oxygen atoms in total. The number of nitrogens with zero attached hydrogens (tertiary/aromatic N) is 2. The fourth-order valence-electron chi connectivity index (χ4n) is 2.07. The van der Waals surface area contributed by atoms with E-state index in [-0.39, 0.29) is 5.91 Å². The smallest absolute Gasteiger partial charge is 0.259 e. The normalized spacial score (nSPS) is 10.4. The lowest BCUT2D eigenvalue weighted by Crippen LogP contribution is -2.17. The summed E-state index contributed by atoms with van der Waals surface area (Å²) in [7, 11) is 3.82. The average Bonchev–Trinajstić information content (AvgIpc) is 2.68. The lowest BCUT2D eigenvalue weighted by atomic mass is 10.1. The summed E-state index contributed by atoms with van der Waals surface area (Å²) in [5.74, 6) is -0.195. The van der Waals surface area contributed by atoms with E-state index in [1.54, 1.807) is 19.1 Å². The maximum absolute atomic E-state index is 12.4. The van der Waals surface area contributed by atoms with E-state index in [9.17, 15) is 4.79 Å². The highest BCUT2D eigenvalue weighted by molar-refractivity contribution is 6.31. The van der Waals surface area contributed by atoms with E-state index < -0.39 is 0 Å². The van der Waals surface area contributed by atoms with Crippen molar-refractivity contribution in [2.24, 2.45) is 0 Å². The molecule has 1 amide bonds. The van der Waals surface area contributed by atoms with Crippen LogP contribution in [0.25, 0.3) is 0 Å². The van der Waals surface area contributed by atoms with Crippen molar-refractivity contribution in [3.63, 3.8) is 0 Å². The lowest BCUT2D eigenvalue weighted by Gasteiger charge is -2.18. The molecule has 0 radical (unpaired) electrons. The summed E-state index contributed by atoms with van der Waals surface area (Å²) in [6, 6.07) is 5.40.